The van der Waals surface area contributed by atoms with Crippen molar-refractivity contribution < 1.29 is 32.8 Å². The molecule has 0 aromatic carbocycles. The van der Waals surface area contributed by atoms with Gasteiger partial charge in [-0.15, -0.1) is 0 Å². The third kappa shape index (κ3) is 23.0. The highest BCUT2D eigenvalue weighted by Crippen LogP contribution is 2.43. The molecule has 0 fully saturated rings. The monoisotopic (exact) mass is 495 g/mol. The lowest BCUT2D eigenvalue weighted by Crippen LogP contribution is -2.28. The first kappa shape index (κ1) is 32.5. The van der Waals surface area contributed by atoms with Crippen LogP contribution in [0.1, 0.15) is 110 Å². The average Bonchev–Trinajstić information content (AvgIpc) is 2.79. The Bertz CT molecular complexity index is 493. The molecule has 0 bridgehead atoms. The van der Waals surface area contributed by atoms with Gasteiger partial charge in [0.2, 0.25) is 0 Å². The van der Waals surface area contributed by atoms with E-state index in [2.05, 4.69) is 13.8 Å². The average molecular weight is 496 g/mol. The summed E-state index contributed by atoms with van der Waals surface area (Å²) in [5, 5.41) is 0. The summed E-state index contributed by atoms with van der Waals surface area (Å²) in [5.41, 5.74) is 5.29. The molecule has 2 unspecified atom stereocenters. The van der Waals surface area contributed by atoms with E-state index in [1.165, 1.54) is 57.8 Å². The van der Waals surface area contributed by atoms with E-state index in [-0.39, 0.29) is 32.3 Å². The van der Waals surface area contributed by atoms with Gasteiger partial charge in [0, 0.05) is 19.6 Å². The van der Waals surface area contributed by atoms with Gasteiger partial charge in [-0.3, -0.25) is 13.8 Å². The maximum atomic E-state index is 12.2. The highest BCUT2D eigenvalue weighted by Gasteiger charge is 2.25. The van der Waals surface area contributed by atoms with Crippen LogP contribution in [0.25, 0.3) is 0 Å². The number of carbonyl (C=O) groups excluding carboxylic acids is 1. The molecule has 0 heterocycles. The molecule has 0 saturated heterocycles. The molecule has 0 aromatic rings. The summed E-state index contributed by atoms with van der Waals surface area (Å²) in [4.78, 5) is 21.9. The van der Waals surface area contributed by atoms with E-state index in [9.17, 15) is 14.3 Å². The van der Waals surface area contributed by atoms with Crippen LogP contribution in [-0.2, 0) is 27.9 Å². The van der Waals surface area contributed by atoms with E-state index >= 15 is 0 Å². The third-order valence-corrected chi connectivity index (χ3v) is 6.26. The highest BCUT2D eigenvalue weighted by atomic mass is 31.2. The molecule has 0 saturated carbocycles. The number of unbranched alkanes of at least 4 members (excludes halogenated alkanes) is 12. The first-order valence-corrected chi connectivity index (χ1v) is 14.5. The van der Waals surface area contributed by atoms with Crippen LogP contribution in [0.3, 0.4) is 0 Å². The summed E-state index contributed by atoms with van der Waals surface area (Å²) < 4.78 is 32.7. The van der Waals surface area contributed by atoms with Crippen molar-refractivity contribution in [2.24, 2.45) is 5.73 Å². The van der Waals surface area contributed by atoms with Gasteiger partial charge in [-0.05, 0) is 12.8 Å². The molecule has 9 heteroatoms. The van der Waals surface area contributed by atoms with E-state index in [0.717, 1.165) is 32.1 Å². The fourth-order valence-corrected chi connectivity index (χ4v) is 4.11. The molecule has 0 aliphatic rings. The van der Waals surface area contributed by atoms with E-state index in [1.54, 1.807) is 0 Å². The highest BCUT2D eigenvalue weighted by molar-refractivity contribution is 7.47. The van der Waals surface area contributed by atoms with Crippen LogP contribution in [-0.4, -0.2) is 49.9 Å². The number of hydrogen-bond donors (Lipinski definition) is 2. The van der Waals surface area contributed by atoms with Crippen molar-refractivity contribution in [1.29, 1.82) is 0 Å². The second kappa shape index (κ2) is 23.3. The van der Waals surface area contributed by atoms with Crippen molar-refractivity contribution in [2.45, 2.75) is 116 Å². The van der Waals surface area contributed by atoms with Crippen LogP contribution in [0.5, 0.6) is 0 Å². The van der Waals surface area contributed by atoms with Crippen molar-refractivity contribution >= 4 is 13.8 Å². The van der Waals surface area contributed by atoms with Crippen LogP contribution >= 0.6 is 7.82 Å². The molecule has 0 amide bonds. The topological polar surface area (TPSA) is 117 Å². The van der Waals surface area contributed by atoms with E-state index in [0.29, 0.717) is 13.0 Å². The van der Waals surface area contributed by atoms with Gasteiger partial charge in [-0.1, -0.05) is 90.9 Å². The molecule has 3 N–H and O–H groups in total. The van der Waals surface area contributed by atoms with Gasteiger partial charge in [0.05, 0.1) is 19.8 Å². The molecule has 2 atom stereocenters. The van der Waals surface area contributed by atoms with E-state index in [1.807, 2.05) is 0 Å². The van der Waals surface area contributed by atoms with Gasteiger partial charge in [0.1, 0.15) is 6.10 Å². The molecular weight excluding hydrogens is 445 g/mol. The van der Waals surface area contributed by atoms with Gasteiger partial charge in [-0.2, -0.15) is 0 Å². The number of esters is 1. The Labute approximate surface area is 201 Å². The van der Waals surface area contributed by atoms with Crippen molar-refractivity contribution in [3.05, 3.63) is 0 Å². The Morgan fingerprint density at radius 1 is 0.788 bits per heavy atom. The van der Waals surface area contributed by atoms with Crippen LogP contribution in [0.2, 0.25) is 0 Å². The predicted octanol–water partition coefficient (Wildman–Crippen LogP) is 5.90. The quantitative estimate of drug-likeness (QED) is 0.0913. The predicted molar refractivity (Wildman–Crippen MR) is 132 cm³/mol. The second-order valence-corrected chi connectivity index (χ2v) is 10.0. The first-order valence-electron chi connectivity index (χ1n) is 13.0. The largest absolute Gasteiger partial charge is 0.472 e. The lowest BCUT2D eigenvalue weighted by molar-refractivity contribution is -0.154. The fraction of sp³-hybridized carbons (Fsp3) is 0.958. The van der Waals surface area contributed by atoms with Gasteiger partial charge < -0.3 is 20.1 Å². The summed E-state index contributed by atoms with van der Waals surface area (Å²) in [6.45, 7) is 4.81. The molecule has 8 nitrogen and oxygen atoms in total. The molecule has 0 spiro atoms. The first-order chi connectivity index (χ1) is 15.9. The number of phosphoric acid groups is 1. The number of phosphoric ester groups is 1. The Kier molecular flexibility index (Phi) is 22.9. The standard InChI is InChI=1S/C24H50NO7P/c1-3-5-7-9-11-12-14-16-19-29-21-23(22-31-33(27,28)30-20-18-25)32-24(26)17-15-13-10-8-6-4-2/h23H,3-22,25H2,1-2H3,(H,27,28). The maximum Gasteiger partial charge on any atom is 0.472 e. The number of carbonyl (C=O) groups is 1. The lowest BCUT2D eigenvalue weighted by atomic mass is 10.1. The van der Waals surface area contributed by atoms with Crippen molar-refractivity contribution in [1.82, 2.24) is 0 Å². The normalized spacial score (nSPS) is 14.2. The molecule has 0 radical (unpaired) electrons. The molecule has 198 valence electrons. The van der Waals surface area contributed by atoms with Gasteiger partial charge in [-0.25, -0.2) is 4.57 Å². The number of ether oxygens (including phenoxy) is 2. The molecule has 0 aliphatic carbocycles. The Balaban J connectivity index is 4.24. The summed E-state index contributed by atoms with van der Waals surface area (Å²) in [7, 11) is -4.24. The third-order valence-electron chi connectivity index (χ3n) is 5.27. The van der Waals surface area contributed by atoms with Crippen LogP contribution < -0.4 is 5.73 Å². The van der Waals surface area contributed by atoms with Gasteiger partial charge >= 0.3 is 13.8 Å². The summed E-state index contributed by atoms with van der Waals surface area (Å²) in [5.74, 6) is -0.342. The second-order valence-electron chi connectivity index (χ2n) is 8.57. The van der Waals surface area contributed by atoms with E-state index < -0.39 is 13.9 Å². The van der Waals surface area contributed by atoms with Crippen LogP contribution in [0.15, 0.2) is 0 Å². The Morgan fingerprint density at radius 2 is 1.33 bits per heavy atom. The smallest absolute Gasteiger partial charge is 0.457 e. The summed E-state index contributed by atoms with van der Waals surface area (Å²) in [6, 6.07) is 0. The zero-order valence-electron chi connectivity index (χ0n) is 21.1. The Morgan fingerprint density at radius 3 is 1.91 bits per heavy atom. The minimum absolute atomic E-state index is 0.0921. The lowest BCUT2D eigenvalue weighted by Gasteiger charge is -2.20. The number of rotatable bonds is 25. The Hall–Kier alpha value is -0.500. The van der Waals surface area contributed by atoms with E-state index in [4.69, 9.17) is 24.3 Å². The zero-order valence-corrected chi connectivity index (χ0v) is 22.0. The van der Waals surface area contributed by atoms with Crippen molar-refractivity contribution in [3.63, 3.8) is 0 Å². The molecule has 0 aromatic heterocycles. The van der Waals surface area contributed by atoms with Crippen molar-refractivity contribution in [2.75, 3.05) is 33.0 Å². The van der Waals surface area contributed by atoms with Gasteiger partial charge in [0.15, 0.2) is 0 Å². The molecule has 33 heavy (non-hydrogen) atoms. The van der Waals surface area contributed by atoms with Crippen molar-refractivity contribution in [3.8, 4) is 0 Å². The van der Waals surface area contributed by atoms with Crippen LogP contribution in [0.4, 0.5) is 0 Å². The fourth-order valence-electron chi connectivity index (χ4n) is 3.35. The maximum absolute atomic E-state index is 12.2. The summed E-state index contributed by atoms with van der Waals surface area (Å²) >= 11 is 0. The molecule has 0 aliphatic heterocycles. The summed E-state index contributed by atoms with van der Waals surface area (Å²) in [6.07, 6.45) is 15.7. The zero-order chi connectivity index (χ0) is 24.6. The molecule has 0 rings (SSSR count). The number of nitrogens with two attached hydrogens (primary N) is 1. The minimum atomic E-state index is -4.24. The SMILES string of the molecule is CCCCCCCCCCOCC(COP(=O)(O)OCCN)OC(=O)CCCCCCCC. The molecular formula is C24H50NO7P. The van der Waals surface area contributed by atoms with Gasteiger partial charge in [0.25, 0.3) is 0 Å². The number of hydrogen-bond acceptors (Lipinski definition) is 7. The minimum Gasteiger partial charge on any atom is -0.457 e. The van der Waals surface area contributed by atoms with Crippen LogP contribution in [0, 0.1) is 0 Å².